The third kappa shape index (κ3) is 5.17. The molecule has 0 amide bonds. The van der Waals surface area contributed by atoms with E-state index < -0.39 is 0 Å². The maximum absolute atomic E-state index is 4.30. The Labute approximate surface area is 131 Å². The van der Waals surface area contributed by atoms with Crippen LogP contribution in [0.2, 0.25) is 0 Å². The lowest BCUT2D eigenvalue weighted by Gasteiger charge is -2.08. The summed E-state index contributed by atoms with van der Waals surface area (Å²) < 4.78 is 1.94. The quantitative estimate of drug-likeness (QED) is 0.760. The van der Waals surface area contributed by atoms with E-state index >= 15 is 0 Å². The number of aryl methyl sites for hydroxylation is 1. The van der Waals surface area contributed by atoms with Crippen LogP contribution in [-0.4, -0.2) is 21.3 Å². The van der Waals surface area contributed by atoms with Gasteiger partial charge in [-0.05, 0) is 37.1 Å². The molecule has 1 heterocycles. The molecular formula is C16H24N4S. The number of aromatic nitrogens is 3. The molecular weight excluding hydrogens is 280 g/mol. The van der Waals surface area contributed by atoms with E-state index in [0.29, 0.717) is 5.92 Å². The first-order chi connectivity index (χ1) is 10.2. The number of hydrogen-bond donors (Lipinski definition) is 1. The Morgan fingerprint density at radius 3 is 2.67 bits per heavy atom. The number of thioether (sulfide) groups is 1. The lowest BCUT2D eigenvalue weighted by Crippen LogP contribution is -2.18. The summed E-state index contributed by atoms with van der Waals surface area (Å²) in [6.45, 7) is 9.40. The molecule has 0 aliphatic carbocycles. The van der Waals surface area contributed by atoms with E-state index in [4.69, 9.17) is 0 Å². The van der Waals surface area contributed by atoms with Crippen LogP contribution in [0.5, 0.6) is 0 Å². The Bertz CT molecular complexity index is 533. The van der Waals surface area contributed by atoms with Gasteiger partial charge in [-0.15, -0.1) is 11.8 Å². The van der Waals surface area contributed by atoms with Crippen LogP contribution in [0.25, 0.3) is 0 Å². The fourth-order valence-electron chi connectivity index (χ4n) is 2.02. The number of rotatable bonds is 8. The number of hydrogen-bond acceptors (Lipinski definition) is 4. The van der Waals surface area contributed by atoms with Crippen LogP contribution < -0.4 is 5.32 Å². The molecule has 1 N–H and O–H groups in total. The summed E-state index contributed by atoms with van der Waals surface area (Å²) in [6.07, 6.45) is 1.63. The normalized spacial score (nSPS) is 11.2. The second-order valence-corrected chi connectivity index (χ2v) is 6.50. The Hall–Kier alpha value is -1.33. The third-order valence-corrected chi connectivity index (χ3v) is 4.18. The minimum Gasteiger partial charge on any atom is -0.312 e. The monoisotopic (exact) mass is 304 g/mol. The van der Waals surface area contributed by atoms with Crippen molar-refractivity contribution < 1.29 is 0 Å². The molecule has 0 spiro atoms. The molecule has 0 aliphatic heterocycles. The molecule has 1 aromatic heterocycles. The minimum absolute atomic E-state index is 0.691. The molecule has 0 unspecified atom stereocenters. The van der Waals surface area contributed by atoms with Crippen LogP contribution in [-0.2, 0) is 18.8 Å². The molecule has 0 bridgehead atoms. The number of nitrogens with zero attached hydrogens (tertiary/aromatic N) is 3. The van der Waals surface area contributed by atoms with Gasteiger partial charge in [0.2, 0.25) is 0 Å². The molecule has 2 rings (SSSR count). The van der Waals surface area contributed by atoms with Crippen molar-refractivity contribution in [1.29, 1.82) is 0 Å². The average Bonchev–Trinajstić information content (AvgIpc) is 2.93. The fourth-order valence-corrected chi connectivity index (χ4v) is 2.87. The van der Waals surface area contributed by atoms with Crippen LogP contribution in [0.4, 0.5) is 0 Å². The second kappa shape index (κ2) is 8.20. The highest BCUT2D eigenvalue weighted by Crippen LogP contribution is 2.22. The highest BCUT2D eigenvalue weighted by Gasteiger charge is 2.03. The fraction of sp³-hybridized carbons (Fsp3) is 0.500. The first-order valence-corrected chi connectivity index (χ1v) is 8.46. The third-order valence-electron chi connectivity index (χ3n) is 3.17. The Kier molecular flexibility index (Phi) is 6.26. The lowest BCUT2D eigenvalue weighted by molar-refractivity contribution is 0.552. The molecule has 0 fully saturated rings. The summed E-state index contributed by atoms with van der Waals surface area (Å²) in [6, 6.07) is 8.76. The van der Waals surface area contributed by atoms with E-state index in [9.17, 15) is 0 Å². The van der Waals surface area contributed by atoms with Crippen molar-refractivity contribution in [1.82, 2.24) is 20.1 Å². The summed E-state index contributed by atoms with van der Waals surface area (Å²) in [5.41, 5.74) is 1.33. The summed E-state index contributed by atoms with van der Waals surface area (Å²) in [7, 11) is 0. The van der Waals surface area contributed by atoms with Crippen LogP contribution in [0.15, 0.2) is 35.5 Å². The summed E-state index contributed by atoms with van der Waals surface area (Å²) in [4.78, 5) is 5.57. The van der Waals surface area contributed by atoms with Crippen molar-refractivity contribution in [3.05, 3.63) is 42.0 Å². The highest BCUT2D eigenvalue weighted by molar-refractivity contribution is 7.98. The molecule has 0 atom stereocenters. The minimum atomic E-state index is 0.691. The van der Waals surface area contributed by atoms with E-state index in [1.165, 1.54) is 10.5 Å². The van der Waals surface area contributed by atoms with Gasteiger partial charge in [-0.2, -0.15) is 5.10 Å². The molecule has 0 saturated heterocycles. The van der Waals surface area contributed by atoms with Gasteiger partial charge in [0.1, 0.15) is 12.2 Å². The molecule has 0 aliphatic rings. The van der Waals surface area contributed by atoms with E-state index in [2.05, 4.69) is 60.4 Å². The molecule has 1 aromatic carbocycles. The van der Waals surface area contributed by atoms with E-state index in [1.54, 1.807) is 18.1 Å². The first-order valence-electron chi connectivity index (χ1n) is 7.48. The second-order valence-electron chi connectivity index (χ2n) is 5.45. The average molecular weight is 304 g/mol. The van der Waals surface area contributed by atoms with Crippen molar-refractivity contribution in [3.63, 3.8) is 0 Å². The van der Waals surface area contributed by atoms with Crippen molar-refractivity contribution >= 4 is 11.8 Å². The Morgan fingerprint density at radius 1 is 1.24 bits per heavy atom. The van der Waals surface area contributed by atoms with Crippen molar-refractivity contribution in [2.45, 2.75) is 44.5 Å². The zero-order valence-electron chi connectivity index (χ0n) is 13.0. The standard InChI is InChI=1S/C16H24N4S/c1-4-20-16(18-12-19-20)11-21-15-7-5-14(6-8-15)10-17-9-13(2)3/h5-8,12-13,17H,4,9-11H2,1-3H3. The summed E-state index contributed by atoms with van der Waals surface area (Å²) >= 11 is 1.80. The molecule has 4 nitrogen and oxygen atoms in total. The van der Waals surface area contributed by atoms with Gasteiger partial charge in [0.05, 0.1) is 5.75 Å². The van der Waals surface area contributed by atoms with Gasteiger partial charge in [0.15, 0.2) is 0 Å². The van der Waals surface area contributed by atoms with Crippen molar-refractivity contribution in [3.8, 4) is 0 Å². The molecule has 0 radical (unpaired) electrons. The number of nitrogens with one attached hydrogen (secondary N) is 1. The summed E-state index contributed by atoms with van der Waals surface area (Å²) in [5.74, 6) is 2.58. The Balaban J connectivity index is 1.82. The van der Waals surface area contributed by atoms with Gasteiger partial charge < -0.3 is 5.32 Å². The zero-order valence-corrected chi connectivity index (χ0v) is 13.9. The highest BCUT2D eigenvalue weighted by atomic mass is 32.2. The van der Waals surface area contributed by atoms with Crippen LogP contribution in [0, 0.1) is 5.92 Å². The molecule has 5 heteroatoms. The van der Waals surface area contributed by atoms with Gasteiger partial charge in [-0.25, -0.2) is 9.67 Å². The summed E-state index contributed by atoms with van der Waals surface area (Å²) in [5, 5.41) is 7.65. The van der Waals surface area contributed by atoms with Gasteiger partial charge in [-0.3, -0.25) is 0 Å². The smallest absolute Gasteiger partial charge is 0.138 e. The van der Waals surface area contributed by atoms with Gasteiger partial charge in [-0.1, -0.05) is 26.0 Å². The topological polar surface area (TPSA) is 42.7 Å². The van der Waals surface area contributed by atoms with Crippen molar-refractivity contribution in [2.75, 3.05) is 6.54 Å². The van der Waals surface area contributed by atoms with Crippen LogP contribution in [0.1, 0.15) is 32.2 Å². The Morgan fingerprint density at radius 2 is 2.00 bits per heavy atom. The van der Waals surface area contributed by atoms with E-state index in [0.717, 1.165) is 31.2 Å². The van der Waals surface area contributed by atoms with Crippen LogP contribution >= 0.6 is 11.8 Å². The first kappa shape index (κ1) is 16.0. The predicted octanol–water partition coefficient (Wildman–Crippen LogP) is 3.34. The SMILES string of the molecule is CCn1ncnc1CSc1ccc(CNCC(C)C)cc1. The van der Waals surface area contributed by atoms with E-state index in [-0.39, 0.29) is 0 Å². The van der Waals surface area contributed by atoms with Gasteiger partial charge >= 0.3 is 0 Å². The lowest BCUT2D eigenvalue weighted by atomic mass is 10.2. The largest absolute Gasteiger partial charge is 0.312 e. The van der Waals surface area contributed by atoms with Gasteiger partial charge in [0.25, 0.3) is 0 Å². The van der Waals surface area contributed by atoms with E-state index in [1.807, 2.05) is 4.68 Å². The van der Waals surface area contributed by atoms with Gasteiger partial charge in [0, 0.05) is 18.0 Å². The molecule has 114 valence electrons. The molecule has 2 aromatic rings. The predicted molar refractivity (Wildman–Crippen MR) is 88.2 cm³/mol. The van der Waals surface area contributed by atoms with Crippen molar-refractivity contribution in [2.24, 2.45) is 5.92 Å². The zero-order chi connectivity index (χ0) is 15.1. The number of benzene rings is 1. The maximum Gasteiger partial charge on any atom is 0.138 e. The molecule has 0 saturated carbocycles. The van der Waals surface area contributed by atoms with Crippen LogP contribution in [0.3, 0.4) is 0 Å². The molecule has 21 heavy (non-hydrogen) atoms. The maximum atomic E-state index is 4.30.